The highest BCUT2D eigenvalue weighted by Gasteiger charge is 2.21. The van der Waals surface area contributed by atoms with Crippen LogP contribution < -0.4 is 21.7 Å². The number of aryl methyl sites for hydroxylation is 1. The predicted octanol–water partition coefficient (Wildman–Crippen LogP) is 3.88. The van der Waals surface area contributed by atoms with Crippen LogP contribution in [0.3, 0.4) is 0 Å². The van der Waals surface area contributed by atoms with Gasteiger partial charge in [-0.15, -0.1) is 5.10 Å². The normalized spacial score (nSPS) is 11.3. The van der Waals surface area contributed by atoms with E-state index >= 15 is 0 Å². The van der Waals surface area contributed by atoms with Gasteiger partial charge in [0.2, 0.25) is 10.0 Å². The summed E-state index contributed by atoms with van der Waals surface area (Å²) in [6.45, 7) is -1.85. The van der Waals surface area contributed by atoms with Crippen LogP contribution in [0.5, 0.6) is 0 Å². The zero-order valence-electron chi connectivity index (χ0n) is 19.4. The highest BCUT2D eigenvalue weighted by molar-refractivity contribution is 7.92. The average Bonchev–Trinajstić information content (AvgIpc) is 3.13. The largest absolute Gasteiger partial charge is 0.396 e. The SMILES string of the molecule is Cc1nn(-c2cc(NS(C)(=O)=O)c(Cl)cc2Cl)c(=O)n1C(F)F.Nc1cnn(-c2ccccc2)c(=O)c1Cl. The van der Waals surface area contributed by atoms with Crippen molar-refractivity contribution in [3.8, 4) is 11.4 Å². The molecule has 0 bridgehead atoms. The van der Waals surface area contributed by atoms with E-state index in [2.05, 4.69) is 14.9 Å². The summed E-state index contributed by atoms with van der Waals surface area (Å²) in [7, 11) is -3.65. The van der Waals surface area contributed by atoms with Crippen molar-refractivity contribution < 1.29 is 17.2 Å². The smallest absolute Gasteiger partial charge is 0.355 e. The summed E-state index contributed by atoms with van der Waals surface area (Å²) in [5.41, 5.74) is 4.62. The van der Waals surface area contributed by atoms with E-state index in [9.17, 15) is 26.8 Å². The molecule has 17 heteroatoms. The summed E-state index contributed by atoms with van der Waals surface area (Å²) in [6.07, 6.45) is 2.26. The Balaban J connectivity index is 0.000000230. The summed E-state index contributed by atoms with van der Waals surface area (Å²) in [5, 5.41) is 7.52. The van der Waals surface area contributed by atoms with Crippen molar-refractivity contribution in [2.24, 2.45) is 0 Å². The van der Waals surface area contributed by atoms with Gasteiger partial charge < -0.3 is 5.73 Å². The fourth-order valence-electron chi connectivity index (χ4n) is 3.03. The van der Waals surface area contributed by atoms with Gasteiger partial charge in [-0.1, -0.05) is 53.0 Å². The highest BCUT2D eigenvalue weighted by atomic mass is 35.5. The van der Waals surface area contributed by atoms with E-state index in [1.165, 1.54) is 23.9 Å². The molecule has 38 heavy (non-hydrogen) atoms. The molecule has 0 saturated heterocycles. The Morgan fingerprint density at radius 3 is 2.21 bits per heavy atom. The highest BCUT2D eigenvalue weighted by Crippen LogP contribution is 2.31. The third kappa shape index (κ3) is 6.51. The number of anilines is 2. The van der Waals surface area contributed by atoms with E-state index < -0.39 is 27.8 Å². The van der Waals surface area contributed by atoms with Crippen LogP contribution in [0.15, 0.2) is 58.3 Å². The molecule has 11 nitrogen and oxygen atoms in total. The number of nitrogen functional groups attached to an aromatic ring is 1. The van der Waals surface area contributed by atoms with Gasteiger partial charge in [0, 0.05) is 0 Å². The zero-order valence-corrected chi connectivity index (χ0v) is 22.5. The van der Waals surface area contributed by atoms with Crippen molar-refractivity contribution in [1.29, 1.82) is 0 Å². The minimum absolute atomic E-state index is 0.00569. The van der Waals surface area contributed by atoms with E-state index in [0.717, 1.165) is 12.3 Å². The monoisotopic (exact) mass is 607 g/mol. The lowest BCUT2D eigenvalue weighted by Crippen LogP contribution is -2.25. The minimum Gasteiger partial charge on any atom is -0.396 e. The van der Waals surface area contributed by atoms with Gasteiger partial charge in [-0.3, -0.25) is 9.52 Å². The predicted molar refractivity (Wildman–Crippen MR) is 142 cm³/mol. The first-order valence-corrected chi connectivity index (χ1v) is 13.3. The van der Waals surface area contributed by atoms with Crippen molar-refractivity contribution in [2.75, 3.05) is 16.7 Å². The Bertz CT molecular complexity index is 1710. The summed E-state index contributed by atoms with van der Waals surface area (Å²) >= 11 is 17.6. The number of alkyl halides is 2. The lowest BCUT2D eigenvalue weighted by molar-refractivity contribution is 0.0640. The Morgan fingerprint density at radius 2 is 1.66 bits per heavy atom. The van der Waals surface area contributed by atoms with Crippen LogP contribution in [-0.2, 0) is 10.0 Å². The molecule has 0 saturated carbocycles. The van der Waals surface area contributed by atoms with Gasteiger partial charge in [-0.25, -0.2) is 17.8 Å². The number of para-hydroxylation sites is 1. The molecule has 0 spiro atoms. The summed E-state index contributed by atoms with van der Waals surface area (Å²) in [4.78, 5) is 23.7. The molecule has 2 aromatic carbocycles. The zero-order chi connectivity index (χ0) is 28.4. The van der Waals surface area contributed by atoms with Crippen LogP contribution in [0, 0.1) is 6.92 Å². The number of benzene rings is 2. The van der Waals surface area contributed by atoms with Gasteiger partial charge >= 0.3 is 12.2 Å². The van der Waals surface area contributed by atoms with Gasteiger partial charge in [0.15, 0.2) is 0 Å². The maximum absolute atomic E-state index is 12.8. The molecule has 2 heterocycles. The number of nitrogens with zero attached hydrogens (tertiary/aromatic N) is 5. The molecule has 0 aliphatic carbocycles. The first kappa shape index (κ1) is 29.1. The second kappa shape index (κ2) is 11.5. The number of nitrogens with one attached hydrogen (secondary N) is 1. The second-order valence-corrected chi connectivity index (χ2v) is 10.5. The van der Waals surface area contributed by atoms with Crippen molar-refractivity contribution in [3.05, 3.63) is 90.4 Å². The molecule has 0 radical (unpaired) electrons. The van der Waals surface area contributed by atoms with E-state index in [0.29, 0.717) is 10.4 Å². The van der Waals surface area contributed by atoms with E-state index in [1.807, 2.05) is 18.2 Å². The molecular formula is C21H18Cl3F2N7O4S. The fraction of sp³-hybridized carbons (Fsp3) is 0.143. The number of rotatable bonds is 5. The van der Waals surface area contributed by atoms with E-state index in [4.69, 9.17) is 40.5 Å². The lowest BCUT2D eigenvalue weighted by atomic mass is 10.3. The molecule has 0 aliphatic heterocycles. The Labute approximate surface area is 229 Å². The number of hydrogen-bond acceptors (Lipinski definition) is 7. The van der Waals surface area contributed by atoms with Crippen molar-refractivity contribution in [2.45, 2.75) is 13.5 Å². The quantitative estimate of drug-likeness (QED) is 0.349. The van der Waals surface area contributed by atoms with Crippen LogP contribution in [0.4, 0.5) is 20.2 Å². The summed E-state index contributed by atoms with van der Waals surface area (Å²) in [6, 6.07) is 11.3. The maximum atomic E-state index is 12.8. The van der Waals surface area contributed by atoms with Gasteiger partial charge in [-0.2, -0.15) is 23.2 Å². The molecule has 4 rings (SSSR count). The average molecular weight is 609 g/mol. The molecule has 0 aliphatic rings. The van der Waals surface area contributed by atoms with Crippen molar-refractivity contribution in [1.82, 2.24) is 24.1 Å². The third-order valence-electron chi connectivity index (χ3n) is 4.68. The topological polar surface area (TPSA) is 147 Å². The molecule has 0 atom stereocenters. The Kier molecular flexibility index (Phi) is 8.82. The fourth-order valence-corrected chi connectivity index (χ4v) is 4.30. The van der Waals surface area contributed by atoms with Gasteiger partial charge in [0.25, 0.3) is 5.56 Å². The van der Waals surface area contributed by atoms with Crippen molar-refractivity contribution >= 4 is 56.2 Å². The second-order valence-electron chi connectivity index (χ2n) is 7.51. The van der Waals surface area contributed by atoms with Crippen LogP contribution in [0.1, 0.15) is 12.4 Å². The van der Waals surface area contributed by atoms with Crippen LogP contribution in [0.2, 0.25) is 15.1 Å². The van der Waals surface area contributed by atoms with Crippen LogP contribution in [-0.4, -0.2) is 38.8 Å². The number of sulfonamides is 1. The van der Waals surface area contributed by atoms with Crippen LogP contribution in [0.25, 0.3) is 11.4 Å². The molecule has 2 aromatic heterocycles. The molecule has 0 unspecified atom stereocenters. The third-order valence-corrected chi connectivity index (χ3v) is 6.27. The lowest BCUT2D eigenvalue weighted by Gasteiger charge is -2.10. The molecular weight excluding hydrogens is 591 g/mol. The van der Waals surface area contributed by atoms with Gasteiger partial charge in [-0.05, 0) is 31.2 Å². The first-order chi connectivity index (χ1) is 17.7. The number of nitrogens with two attached hydrogens (primary N) is 1. The molecule has 0 amide bonds. The van der Waals surface area contributed by atoms with E-state index in [1.54, 1.807) is 12.1 Å². The standard InChI is InChI=1S/C11H10Cl2F2N4O3S.C10H8ClN3O/c1-5-16-19(11(20)18(5)10(14)15)9-4-8(17-23(2,21)22)6(12)3-7(9)13;11-9-8(12)6-13-14(10(9)15)7-4-2-1-3-5-7/h3-4,10,17H,1-2H3;1-6H,12H2. The maximum Gasteiger partial charge on any atom is 0.355 e. The summed E-state index contributed by atoms with van der Waals surface area (Å²) in [5.74, 6) is -0.228. The van der Waals surface area contributed by atoms with Crippen molar-refractivity contribution in [3.63, 3.8) is 0 Å². The molecule has 0 fully saturated rings. The first-order valence-electron chi connectivity index (χ1n) is 10.2. The molecule has 202 valence electrons. The number of halogens is 5. The number of aromatic nitrogens is 5. The van der Waals surface area contributed by atoms with Gasteiger partial charge in [0.05, 0.1) is 45.2 Å². The molecule has 3 N–H and O–H groups in total. The van der Waals surface area contributed by atoms with E-state index in [-0.39, 0.29) is 42.5 Å². The Morgan fingerprint density at radius 1 is 1.03 bits per heavy atom. The van der Waals surface area contributed by atoms with Crippen LogP contribution >= 0.6 is 34.8 Å². The summed E-state index contributed by atoms with van der Waals surface area (Å²) < 4.78 is 52.5. The minimum atomic E-state index is -3.65. The Hall–Kier alpha value is -3.46. The number of hydrogen-bond donors (Lipinski definition) is 2. The van der Waals surface area contributed by atoms with Gasteiger partial charge in [0.1, 0.15) is 10.8 Å². The molecule has 4 aromatic rings.